The van der Waals surface area contributed by atoms with Gasteiger partial charge in [-0.3, -0.25) is 15.1 Å². The summed E-state index contributed by atoms with van der Waals surface area (Å²) < 4.78 is 5.33. The number of benzene rings is 1. The molecule has 2 amide bonds. The Morgan fingerprint density at radius 3 is 2.44 bits per heavy atom. The van der Waals surface area contributed by atoms with Crippen molar-refractivity contribution < 1.29 is 14.3 Å². The van der Waals surface area contributed by atoms with E-state index >= 15 is 0 Å². The van der Waals surface area contributed by atoms with Crippen LogP contribution in [0.3, 0.4) is 0 Å². The molecule has 0 spiro atoms. The number of likely N-dealkylation sites (tertiary alicyclic amines) is 1. The Kier molecular flexibility index (Phi) is 5.44. The second kappa shape index (κ2) is 7.78. The van der Waals surface area contributed by atoms with Crippen molar-refractivity contribution in [2.24, 2.45) is 0 Å². The summed E-state index contributed by atoms with van der Waals surface area (Å²) in [5.74, 6) is -0.129. The number of pyridine rings is 1. The Morgan fingerprint density at radius 2 is 1.81 bits per heavy atom. The van der Waals surface area contributed by atoms with Crippen LogP contribution in [0.1, 0.15) is 44.0 Å². The highest BCUT2D eigenvalue weighted by molar-refractivity contribution is 6.07. The third kappa shape index (κ3) is 4.64. The first-order valence-electron chi connectivity index (χ1n) is 9.10. The standard InChI is InChI=1S/C21H24N3O3/c1-21(2,3)27-20(26)23-17-14-22-13-16(15-9-5-4-6-10-15)18(17)19(25)24-11-7-8-12-24/h4-6,9-10,14H,7-8,11-12H2,1-3H3,(H,23,26). The number of amides is 2. The zero-order chi connectivity index (χ0) is 19.4. The van der Waals surface area contributed by atoms with E-state index < -0.39 is 11.7 Å². The van der Waals surface area contributed by atoms with E-state index in [9.17, 15) is 9.59 Å². The Bertz CT molecular complexity index is 822. The molecular weight excluding hydrogens is 342 g/mol. The largest absolute Gasteiger partial charge is 0.444 e. The van der Waals surface area contributed by atoms with Crippen molar-refractivity contribution in [2.45, 2.75) is 39.2 Å². The first kappa shape index (κ1) is 18.9. The van der Waals surface area contributed by atoms with E-state index in [2.05, 4.69) is 16.5 Å². The van der Waals surface area contributed by atoms with Gasteiger partial charge in [0.2, 0.25) is 0 Å². The van der Waals surface area contributed by atoms with Gasteiger partial charge in [-0.05, 0) is 39.2 Å². The van der Waals surface area contributed by atoms with Gasteiger partial charge in [-0.25, -0.2) is 4.79 Å². The van der Waals surface area contributed by atoms with Crippen molar-refractivity contribution in [1.29, 1.82) is 0 Å². The average molecular weight is 366 g/mol. The first-order valence-corrected chi connectivity index (χ1v) is 9.10. The van der Waals surface area contributed by atoms with Gasteiger partial charge < -0.3 is 9.64 Å². The molecule has 0 aliphatic carbocycles. The van der Waals surface area contributed by atoms with Crippen LogP contribution >= 0.6 is 0 Å². The summed E-state index contributed by atoms with van der Waals surface area (Å²) in [7, 11) is 0. The lowest BCUT2D eigenvalue weighted by molar-refractivity contribution is 0.0636. The second-order valence-electron chi connectivity index (χ2n) is 7.53. The SMILES string of the molecule is CC(C)(C)OC(=O)Nc1cn[c]c(-c2ccccc2)c1C(=O)N1CCCC1. The van der Waals surface area contributed by atoms with Crippen molar-refractivity contribution in [2.75, 3.05) is 18.4 Å². The monoisotopic (exact) mass is 366 g/mol. The number of nitrogens with one attached hydrogen (secondary N) is 1. The number of carbonyl (C=O) groups excluding carboxylic acids is 2. The molecular formula is C21H24N3O3. The minimum atomic E-state index is -0.639. The number of nitrogens with zero attached hydrogens (tertiary/aromatic N) is 2. The van der Waals surface area contributed by atoms with Crippen LogP contribution < -0.4 is 5.32 Å². The Labute approximate surface area is 159 Å². The van der Waals surface area contributed by atoms with E-state index in [4.69, 9.17) is 4.74 Å². The lowest BCUT2D eigenvalue weighted by Crippen LogP contribution is -2.31. The molecule has 1 radical (unpaired) electrons. The number of anilines is 1. The Hall–Kier alpha value is -2.89. The van der Waals surface area contributed by atoms with E-state index in [1.54, 1.807) is 25.7 Å². The highest BCUT2D eigenvalue weighted by Gasteiger charge is 2.27. The van der Waals surface area contributed by atoms with Crippen LogP contribution in [0.4, 0.5) is 10.5 Å². The summed E-state index contributed by atoms with van der Waals surface area (Å²) >= 11 is 0. The maximum absolute atomic E-state index is 13.2. The molecule has 1 N–H and O–H groups in total. The first-order chi connectivity index (χ1) is 12.8. The molecule has 0 bridgehead atoms. The zero-order valence-corrected chi connectivity index (χ0v) is 15.9. The molecule has 3 rings (SSSR count). The van der Waals surface area contributed by atoms with Crippen molar-refractivity contribution in [3.63, 3.8) is 0 Å². The molecule has 1 saturated heterocycles. The normalized spacial score (nSPS) is 14.1. The molecule has 2 aromatic rings. The summed E-state index contributed by atoms with van der Waals surface area (Å²) in [6.45, 7) is 6.78. The fourth-order valence-corrected chi connectivity index (χ4v) is 3.04. The maximum Gasteiger partial charge on any atom is 0.412 e. The van der Waals surface area contributed by atoms with Crippen molar-refractivity contribution in [3.8, 4) is 11.1 Å². The van der Waals surface area contributed by atoms with Gasteiger partial charge in [0.25, 0.3) is 5.91 Å². The lowest BCUT2D eigenvalue weighted by atomic mass is 9.99. The Morgan fingerprint density at radius 1 is 1.15 bits per heavy atom. The summed E-state index contributed by atoms with van der Waals surface area (Å²) in [6, 6.07) is 9.47. The maximum atomic E-state index is 13.2. The minimum absolute atomic E-state index is 0.129. The number of aromatic nitrogens is 1. The van der Waals surface area contributed by atoms with Gasteiger partial charge in [-0.1, -0.05) is 30.3 Å². The van der Waals surface area contributed by atoms with E-state index in [-0.39, 0.29) is 5.91 Å². The highest BCUT2D eigenvalue weighted by Crippen LogP contribution is 2.30. The molecule has 141 valence electrons. The molecule has 1 fully saturated rings. The molecule has 27 heavy (non-hydrogen) atoms. The molecule has 1 aromatic carbocycles. The third-order valence-electron chi connectivity index (χ3n) is 4.19. The molecule has 1 aliphatic heterocycles. The van der Waals surface area contributed by atoms with E-state index in [0.717, 1.165) is 18.4 Å². The smallest absolute Gasteiger partial charge is 0.412 e. The number of carbonyl (C=O) groups is 2. The van der Waals surface area contributed by atoms with E-state index in [0.29, 0.717) is 29.9 Å². The van der Waals surface area contributed by atoms with Crippen LogP contribution in [0.5, 0.6) is 0 Å². The second-order valence-corrected chi connectivity index (χ2v) is 7.53. The van der Waals surface area contributed by atoms with Gasteiger partial charge in [0.15, 0.2) is 0 Å². The molecule has 1 aromatic heterocycles. The molecule has 6 heteroatoms. The Balaban J connectivity index is 2.02. The molecule has 1 aliphatic rings. The molecule has 6 nitrogen and oxygen atoms in total. The van der Waals surface area contributed by atoms with Crippen LogP contribution in [-0.4, -0.2) is 40.6 Å². The number of hydrogen-bond donors (Lipinski definition) is 1. The van der Waals surface area contributed by atoms with Gasteiger partial charge in [-0.15, -0.1) is 0 Å². The summed E-state index contributed by atoms with van der Waals surface area (Å²) in [5, 5.41) is 2.69. The molecule has 2 heterocycles. The number of ether oxygens (including phenoxy) is 1. The van der Waals surface area contributed by atoms with Crippen LogP contribution in [0.2, 0.25) is 0 Å². The lowest BCUT2D eigenvalue weighted by Gasteiger charge is -2.22. The predicted octanol–water partition coefficient (Wildman–Crippen LogP) is 4.13. The van der Waals surface area contributed by atoms with Gasteiger partial charge in [0.05, 0.1) is 23.6 Å². The summed E-state index contributed by atoms with van der Waals surface area (Å²) in [4.78, 5) is 31.4. The van der Waals surface area contributed by atoms with Crippen LogP contribution in [0.25, 0.3) is 11.1 Å². The molecule has 0 unspecified atom stereocenters. The highest BCUT2D eigenvalue weighted by atomic mass is 16.6. The van der Waals surface area contributed by atoms with Crippen LogP contribution in [0.15, 0.2) is 36.5 Å². The van der Waals surface area contributed by atoms with Crippen LogP contribution in [-0.2, 0) is 4.74 Å². The zero-order valence-electron chi connectivity index (χ0n) is 15.9. The fraction of sp³-hybridized carbons (Fsp3) is 0.381. The summed E-state index contributed by atoms with van der Waals surface area (Å²) in [6.07, 6.45) is 5.72. The number of hydrogen-bond acceptors (Lipinski definition) is 4. The van der Waals surface area contributed by atoms with Gasteiger partial charge in [-0.2, -0.15) is 0 Å². The molecule has 0 saturated carbocycles. The van der Waals surface area contributed by atoms with Crippen molar-refractivity contribution in [1.82, 2.24) is 9.88 Å². The van der Waals surface area contributed by atoms with Gasteiger partial charge in [0, 0.05) is 18.7 Å². The topological polar surface area (TPSA) is 71.5 Å². The molecule has 0 atom stereocenters. The van der Waals surface area contributed by atoms with Gasteiger partial charge >= 0.3 is 6.09 Å². The number of rotatable bonds is 3. The van der Waals surface area contributed by atoms with E-state index in [1.807, 2.05) is 30.3 Å². The van der Waals surface area contributed by atoms with Gasteiger partial charge in [0.1, 0.15) is 5.60 Å². The quantitative estimate of drug-likeness (QED) is 0.886. The minimum Gasteiger partial charge on any atom is -0.444 e. The van der Waals surface area contributed by atoms with Crippen LogP contribution in [0, 0.1) is 6.20 Å². The summed E-state index contributed by atoms with van der Waals surface area (Å²) in [5.41, 5.74) is 1.48. The fourth-order valence-electron chi connectivity index (χ4n) is 3.04. The van der Waals surface area contributed by atoms with Crippen molar-refractivity contribution in [3.05, 3.63) is 48.3 Å². The third-order valence-corrected chi connectivity index (χ3v) is 4.19. The predicted molar refractivity (Wildman–Crippen MR) is 104 cm³/mol. The van der Waals surface area contributed by atoms with Crippen molar-refractivity contribution >= 4 is 17.7 Å². The average Bonchev–Trinajstić information content (AvgIpc) is 3.15. The van der Waals surface area contributed by atoms with E-state index in [1.165, 1.54) is 6.20 Å².